The molecule has 0 heterocycles. The summed E-state index contributed by atoms with van der Waals surface area (Å²) in [7, 11) is -2.33. The van der Waals surface area contributed by atoms with Crippen LogP contribution in [0.1, 0.15) is 31.2 Å². The number of rotatable bonds is 4. The molecule has 1 fully saturated rings. The van der Waals surface area contributed by atoms with E-state index in [2.05, 4.69) is 0 Å². The Morgan fingerprint density at radius 2 is 1.95 bits per heavy atom. The average Bonchev–Trinajstić information content (AvgIpc) is 2.86. The SMILES string of the molecule is COc1cc(C2(CN)CCCC2)cc(F)c1S(C)(=O)=O. The number of methoxy groups -OCH3 is 1. The van der Waals surface area contributed by atoms with Crippen LogP contribution < -0.4 is 10.5 Å². The molecule has 1 aliphatic rings. The minimum atomic E-state index is -3.67. The van der Waals surface area contributed by atoms with E-state index < -0.39 is 15.7 Å². The van der Waals surface area contributed by atoms with Gasteiger partial charge in [-0.2, -0.15) is 0 Å². The molecule has 0 spiro atoms. The van der Waals surface area contributed by atoms with Gasteiger partial charge in [0.05, 0.1) is 7.11 Å². The molecule has 0 aliphatic heterocycles. The maximum Gasteiger partial charge on any atom is 0.182 e. The van der Waals surface area contributed by atoms with Gasteiger partial charge in [-0.05, 0) is 30.5 Å². The monoisotopic (exact) mass is 301 g/mol. The van der Waals surface area contributed by atoms with Gasteiger partial charge in [-0.1, -0.05) is 12.8 Å². The molecule has 1 aromatic rings. The van der Waals surface area contributed by atoms with Gasteiger partial charge in [0, 0.05) is 18.2 Å². The molecule has 0 saturated heterocycles. The van der Waals surface area contributed by atoms with Crippen molar-refractivity contribution in [2.75, 3.05) is 19.9 Å². The molecule has 0 unspecified atom stereocenters. The highest BCUT2D eigenvalue weighted by molar-refractivity contribution is 7.90. The maximum atomic E-state index is 14.3. The molecule has 0 atom stereocenters. The summed E-state index contributed by atoms with van der Waals surface area (Å²) in [6.45, 7) is 0.424. The Morgan fingerprint density at radius 3 is 2.40 bits per heavy atom. The van der Waals surface area contributed by atoms with Crippen LogP contribution >= 0.6 is 0 Å². The number of benzene rings is 1. The molecule has 1 aliphatic carbocycles. The summed E-state index contributed by atoms with van der Waals surface area (Å²) in [5.74, 6) is -0.705. The Hall–Kier alpha value is -1.14. The van der Waals surface area contributed by atoms with Gasteiger partial charge in [-0.15, -0.1) is 0 Å². The lowest BCUT2D eigenvalue weighted by molar-refractivity contribution is 0.387. The summed E-state index contributed by atoms with van der Waals surface area (Å²) in [5.41, 5.74) is 6.36. The van der Waals surface area contributed by atoms with Gasteiger partial charge in [0.2, 0.25) is 0 Å². The fourth-order valence-corrected chi connectivity index (χ4v) is 3.97. The Labute approximate surface area is 119 Å². The normalized spacial score (nSPS) is 18.2. The van der Waals surface area contributed by atoms with E-state index in [0.717, 1.165) is 37.5 Å². The molecule has 2 rings (SSSR count). The van der Waals surface area contributed by atoms with Gasteiger partial charge >= 0.3 is 0 Å². The van der Waals surface area contributed by atoms with Crippen LogP contribution in [0.5, 0.6) is 5.75 Å². The molecule has 112 valence electrons. The van der Waals surface area contributed by atoms with Crippen LogP contribution in [0.3, 0.4) is 0 Å². The number of sulfone groups is 1. The lowest BCUT2D eigenvalue weighted by Crippen LogP contribution is -2.32. The van der Waals surface area contributed by atoms with E-state index in [1.54, 1.807) is 6.07 Å². The van der Waals surface area contributed by atoms with Crippen molar-refractivity contribution in [3.05, 3.63) is 23.5 Å². The summed E-state index contributed by atoms with van der Waals surface area (Å²) >= 11 is 0. The average molecular weight is 301 g/mol. The van der Waals surface area contributed by atoms with Crippen molar-refractivity contribution in [3.8, 4) is 5.75 Å². The van der Waals surface area contributed by atoms with Crippen molar-refractivity contribution in [2.45, 2.75) is 36.0 Å². The van der Waals surface area contributed by atoms with Crippen molar-refractivity contribution in [1.82, 2.24) is 0 Å². The van der Waals surface area contributed by atoms with Crippen LogP contribution in [0.2, 0.25) is 0 Å². The van der Waals surface area contributed by atoms with Crippen LogP contribution in [0.4, 0.5) is 4.39 Å². The first kappa shape index (κ1) is 15.3. The van der Waals surface area contributed by atoms with E-state index in [-0.39, 0.29) is 16.1 Å². The minimum Gasteiger partial charge on any atom is -0.495 e. The smallest absolute Gasteiger partial charge is 0.182 e. The molecular formula is C14H20FNO3S. The number of hydrogen-bond donors (Lipinski definition) is 1. The van der Waals surface area contributed by atoms with Crippen molar-refractivity contribution in [2.24, 2.45) is 5.73 Å². The first-order valence-electron chi connectivity index (χ1n) is 6.62. The van der Waals surface area contributed by atoms with E-state index in [1.807, 2.05) is 0 Å². The molecular weight excluding hydrogens is 281 g/mol. The number of halogens is 1. The van der Waals surface area contributed by atoms with Gasteiger partial charge < -0.3 is 10.5 Å². The van der Waals surface area contributed by atoms with Gasteiger partial charge in [-0.25, -0.2) is 12.8 Å². The van der Waals surface area contributed by atoms with Crippen molar-refractivity contribution in [3.63, 3.8) is 0 Å². The molecule has 6 heteroatoms. The summed E-state index contributed by atoms with van der Waals surface area (Å²) in [4.78, 5) is -0.381. The highest BCUT2D eigenvalue weighted by atomic mass is 32.2. The molecule has 2 N–H and O–H groups in total. The van der Waals surface area contributed by atoms with Gasteiger partial charge in [0.15, 0.2) is 9.84 Å². The minimum absolute atomic E-state index is 0.0576. The van der Waals surface area contributed by atoms with E-state index in [1.165, 1.54) is 13.2 Å². The highest BCUT2D eigenvalue weighted by Gasteiger charge is 2.36. The fourth-order valence-electron chi connectivity index (χ4n) is 3.05. The summed E-state index contributed by atoms with van der Waals surface area (Å²) < 4.78 is 42.7. The third-order valence-corrected chi connectivity index (χ3v) is 5.30. The predicted octanol–water partition coefficient (Wildman–Crippen LogP) is 2.01. The van der Waals surface area contributed by atoms with E-state index in [4.69, 9.17) is 10.5 Å². The molecule has 0 radical (unpaired) electrons. The topological polar surface area (TPSA) is 69.4 Å². The maximum absolute atomic E-state index is 14.3. The lowest BCUT2D eigenvalue weighted by atomic mass is 9.79. The highest BCUT2D eigenvalue weighted by Crippen LogP contribution is 2.43. The molecule has 1 aromatic carbocycles. The van der Waals surface area contributed by atoms with Gasteiger partial charge in [0.25, 0.3) is 0 Å². The van der Waals surface area contributed by atoms with Crippen molar-refractivity contribution in [1.29, 1.82) is 0 Å². The van der Waals surface area contributed by atoms with Crippen LogP contribution in [0.25, 0.3) is 0 Å². The number of hydrogen-bond acceptors (Lipinski definition) is 4. The summed E-state index contributed by atoms with van der Waals surface area (Å²) in [6.07, 6.45) is 4.86. The second-order valence-electron chi connectivity index (χ2n) is 5.45. The van der Waals surface area contributed by atoms with E-state index in [0.29, 0.717) is 6.54 Å². The molecule has 1 saturated carbocycles. The quantitative estimate of drug-likeness (QED) is 0.923. The zero-order chi connectivity index (χ0) is 15.0. The Bertz CT molecular complexity index is 607. The van der Waals surface area contributed by atoms with Gasteiger partial charge in [0.1, 0.15) is 16.5 Å². The Kier molecular flexibility index (Phi) is 4.07. The van der Waals surface area contributed by atoms with Crippen molar-refractivity contribution >= 4 is 9.84 Å². The predicted molar refractivity (Wildman–Crippen MR) is 75.3 cm³/mol. The molecule has 0 bridgehead atoms. The van der Waals surface area contributed by atoms with Crippen LogP contribution in [0.15, 0.2) is 17.0 Å². The van der Waals surface area contributed by atoms with E-state index >= 15 is 0 Å². The zero-order valence-corrected chi connectivity index (χ0v) is 12.6. The molecule has 20 heavy (non-hydrogen) atoms. The summed E-state index contributed by atoms with van der Waals surface area (Å²) in [5, 5.41) is 0. The standard InChI is InChI=1S/C14H20FNO3S/c1-19-12-8-10(14(9-16)5-3-4-6-14)7-11(15)13(12)20(2,17)18/h7-8H,3-6,9,16H2,1-2H3. The largest absolute Gasteiger partial charge is 0.495 e. The molecule has 4 nitrogen and oxygen atoms in total. The second kappa shape index (κ2) is 5.33. The van der Waals surface area contributed by atoms with Crippen molar-refractivity contribution < 1.29 is 17.5 Å². The lowest BCUT2D eigenvalue weighted by Gasteiger charge is -2.28. The van der Waals surface area contributed by atoms with Gasteiger partial charge in [-0.3, -0.25) is 0 Å². The Morgan fingerprint density at radius 1 is 1.35 bits per heavy atom. The number of nitrogens with two attached hydrogens (primary N) is 1. The molecule has 0 aromatic heterocycles. The third-order valence-electron chi connectivity index (χ3n) is 4.16. The van der Waals surface area contributed by atoms with Crippen LogP contribution in [0, 0.1) is 5.82 Å². The van der Waals surface area contributed by atoms with Crippen LogP contribution in [-0.2, 0) is 15.3 Å². The zero-order valence-electron chi connectivity index (χ0n) is 11.8. The third kappa shape index (κ3) is 2.54. The first-order valence-corrected chi connectivity index (χ1v) is 8.51. The Balaban J connectivity index is 2.62. The summed E-state index contributed by atoms with van der Waals surface area (Å²) in [6, 6.07) is 2.93. The first-order chi connectivity index (χ1) is 9.34. The fraction of sp³-hybridized carbons (Fsp3) is 0.571. The second-order valence-corrected chi connectivity index (χ2v) is 7.41. The molecule has 0 amide bonds. The van der Waals surface area contributed by atoms with Crippen LogP contribution in [-0.4, -0.2) is 28.3 Å². The number of ether oxygens (including phenoxy) is 1. The van der Waals surface area contributed by atoms with E-state index in [9.17, 15) is 12.8 Å².